The fraction of sp³-hybridized carbons (Fsp3) is 0.379. The van der Waals surface area contributed by atoms with Crippen LogP contribution in [0.3, 0.4) is 0 Å². The number of hydrogen-bond acceptors (Lipinski definition) is 9. The molecule has 9 nitrogen and oxygen atoms in total. The molecule has 11 heteroatoms. The molecule has 206 valence electrons. The Balaban J connectivity index is 1.12. The van der Waals surface area contributed by atoms with Crippen molar-refractivity contribution in [2.24, 2.45) is 0 Å². The van der Waals surface area contributed by atoms with Crippen molar-refractivity contribution < 1.29 is 28.1 Å². The third kappa shape index (κ3) is 4.23. The molecule has 0 amide bonds. The second-order valence-electron chi connectivity index (χ2n) is 10.6. The number of halogens is 2. The van der Waals surface area contributed by atoms with Gasteiger partial charge in [-0.2, -0.15) is 0 Å². The summed E-state index contributed by atoms with van der Waals surface area (Å²) in [4.78, 5) is 28.0. The number of hydrogen-bond donors (Lipinski definition) is 0. The number of aromatic nitrogens is 2. The maximum Gasteiger partial charge on any atom is 0.360 e. The van der Waals surface area contributed by atoms with E-state index < -0.39 is 11.9 Å². The van der Waals surface area contributed by atoms with Crippen molar-refractivity contribution in [2.75, 3.05) is 12.0 Å². The average Bonchev–Trinajstić information content (AvgIpc) is 3.45. The number of anilines is 1. The van der Waals surface area contributed by atoms with Crippen LogP contribution >= 0.6 is 23.2 Å². The zero-order chi connectivity index (χ0) is 27.5. The predicted molar refractivity (Wildman–Crippen MR) is 147 cm³/mol. The Morgan fingerprint density at radius 1 is 0.950 bits per heavy atom. The third-order valence-electron chi connectivity index (χ3n) is 8.17. The normalized spacial score (nSPS) is 22.1. The topological polar surface area (TPSA) is 108 Å². The molecule has 2 aliphatic heterocycles. The van der Waals surface area contributed by atoms with Crippen molar-refractivity contribution >= 4 is 51.8 Å². The summed E-state index contributed by atoms with van der Waals surface area (Å²) < 4.78 is 22.0. The number of esters is 2. The van der Waals surface area contributed by atoms with E-state index in [-0.39, 0.29) is 29.8 Å². The van der Waals surface area contributed by atoms with Gasteiger partial charge in [0.1, 0.15) is 17.4 Å². The highest BCUT2D eigenvalue weighted by Gasteiger charge is 2.44. The maximum absolute atomic E-state index is 13.7. The fourth-order valence-corrected chi connectivity index (χ4v) is 6.78. The van der Waals surface area contributed by atoms with Gasteiger partial charge in [0.2, 0.25) is 0 Å². The first-order valence-electron chi connectivity index (χ1n) is 13.3. The summed E-state index contributed by atoms with van der Waals surface area (Å²) in [5, 5.41) is 9.51. The quantitative estimate of drug-likeness (QED) is 0.227. The number of benzene rings is 2. The lowest BCUT2D eigenvalue weighted by molar-refractivity contribution is 0.0202. The molecular weight excluding hydrogens is 557 g/mol. The monoisotopic (exact) mass is 581 g/mol. The van der Waals surface area contributed by atoms with E-state index in [2.05, 4.69) is 15.2 Å². The van der Waals surface area contributed by atoms with Crippen LogP contribution in [0.4, 0.5) is 5.69 Å². The molecule has 2 aromatic carbocycles. The van der Waals surface area contributed by atoms with Gasteiger partial charge in [-0.25, -0.2) is 9.59 Å². The molecule has 2 bridgehead atoms. The number of methoxy groups -OCH3 is 1. The summed E-state index contributed by atoms with van der Waals surface area (Å²) in [6.07, 6.45) is 4.97. The van der Waals surface area contributed by atoms with E-state index in [0.29, 0.717) is 56.4 Å². The van der Waals surface area contributed by atoms with Crippen LogP contribution in [0.25, 0.3) is 22.2 Å². The summed E-state index contributed by atoms with van der Waals surface area (Å²) in [5.41, 5.74) is 2.80. The molecule has 3 atom stereocenters. The summed E-state index contributed by atoms with van der Waals surface area (Å²) in [5.74, 6) is -0.297. The Morgan fingerprint density at radius 2 is 1.68 bits per heavy atom. The summed E-state index contributed by atoms with van der Waals surface area (Å²) >= 11 is 12.9. The highest BCUT2D eigenvalue weighted by molar-refractivity contribution is 6.39. The van der Waals surface area contributed by atoms with Gasteiger partial charge in [0.25, 0.3) is 0 Å². The van der Waals surface area contributed by atoms with Crippen LogP contribution in [0.5, 0.6) is 0 Å². The molecule has 3 fully saturated rings. The van der Waals surface area contributed by atoms with Crippen LogP contribution in [0.1, 0.15) is 71.0 Å². The smallest absolute Gasteiger partial charge is 0.360 e. The zero-order valence-electron chi connectivity index (χ0n) is 21.6. The van der Waals surface area contributed by atoms with E-state index in [1.54, 1.807) is 18.2 Å². The van der Waals surface area contributed by atoms with Gasteiger partial charge in [0.05, 0.1) is 22.5 Å². The van der Waals surface area contributed by atoms with E-state index in [1.807, 2.05) is 18.2 Å². The van der Waals surface area contributed by atoms with Crippen LogP contribution < -0.4 is 4.90 Å². The molecule has 3 aliphatic rings. The lowest BCUT2D eigenvalue weighted by Gasteiger charge is -2.40. The van der Waals surface area contributed by atoms with E-state index >= 15 is 0 Å². The van der Waals surface area contributed by atoms with Gasteiger partial charge < -0.3 is 23.4 Å². The van der Waals surface area contributed by atoms with Crippen molar-refractivity contribution in [3.05, 3.63) is 63.5 Å². The highest BCUT2D eigenvalue weighted by Crippen LogP contribution is 2.47. The average molecular weight is 582 g/mol. The van der Waals surface area contributed by atoms with E-state index in [9.17, 15) is 9.59 Å². The SMILES string of the molecule is COC(=O)c1noc2cc(N3[C@@H]4CC[C@H]3CC(OC(=O)c3c(-c5c(Cl)cccc5Cl)noc3C3CC3)C4)ccc12. The lowest BCUT2D eigenvalue weighted by Crippen LogP contribution is -2.46. The molecular formula is C29H25Cl2N3O6. The number of piperidine rings is 1. The summed E-state index contributed by atoms with van der Waals surface area (Å²) in [6, 6.07) is 11.3. The Bertz CT molecular complexity index is 1610. The minimum atomic E-state index is -0.535. The first kappa shape index (κ1) is 25.4. The molecule has 40 heavy (non-hydrogen) atoms. The van der Waals surface area contributed by atoms with Crippen LogP contribution in [0.15, 0.2) is 45.4 Å². The summed E-state index contributed by atoms with van der Waals surface area (Å²) in [7, 11) is 1.31. The Labute approximate surface area is 239 Å². The third-order valence-corrected chi connectivity index (χ3v) is 8.80. The number of ether oxygens (including phenoxy) is 2. The fourth-order valence-electron chi connectivity index (χ4n) is 6.20. The van der Waals surface area contributed by atoms with Gasteiger partial charge in [-0.3, -0.25) is 0 Å². The number of fused-ring (bicyclic) bond motifs is 3. The lowest BCUT2D eigenvalue weighted by atomic mass is 9.98. The van der Waals surface area contributed by atoms with Crippen LogP contribution in [0, 0.1) is 0 Å². The molecule has 7 rings (SSSR count). The molecule has 1 saturated carbocycles. The van der Waals surface area contributed by atoms with Gasteiger partial charge in [0.15, 0.2) is 17.0 Å². The van der Waals surface area contributed by atoms with Crippen LogP contribution in [-0.2, 0) is 9.47 Å². The molecule has 0 N–H and O–H groups in total. The van der Waals surface area contributed by atoms with Crippen molar-refractivity contribution in [2.45, 2.75) is 62.6 Å². The second kappa shape index (κ2) is 9.82. The molecule has 1 unspecified atom stereocenters. The first-order chi connectivity index (χ1) is 19.4. The maximum atomic E-state index is 13.7. The van der Waals surface area contributed by atoms with Crippen molar-refractivity contribution in [3.8, 4) is 11.3 Å². The Morgan fingerprint density at radius 3 is 2.35 bits per heavy atom. The van der Waals surface area contributed by atoms with Gasteiger partial charge in [-0.05, 0) is 49.9 Å². The zero-order valence-corrected chi connectivity index (χ0v) is 23.1. The Kier molecular flexibility index (Phi) is 6.24. The molecule has 2 saturated heterocycles. The minimum Gasteiger partial charge on any atom is -0.464 e. The number of nitrogens with zero attached hydrogens (tertiary/aromatic N) is 3. The molecule has 2 aromatic heterocycles. The van der Waals surface area contributed by atoms with Gasteiger partial charge >= 0.3 is 11.9 Å². The van der Waals surface area contributed by atoms with Gasteiger partial charge in [-0.15, -0.1) is 0 Å². The molecule has 0 radical (unpaired) electrons. The molecule has 4 aromatic rings. The van der Waals surface area contributed by atoms with Gasteiger partial charge in [-0.1, -0.05) is 39.6 Å². The van der Waals surface area contributed by atoms with Crippen LogP contribution in [0.2, 0.25) is 10.0 Å². The first-order valence-corrected chi connectivity index (χ1v) is 14.1. The van der Waals surface area contributed by atoms with E-state index in [1.165, 1.54) is 7.11 Å². The molecule has 4 heterocycles. The molecule has 1 aliphatic carbocycles. The Hall–Kier alpha value is -3.56. The van der Waals surface area contributed by atoms with Crippen molar-refractivity contribution in [1.82, 2.24) is 10.3 Å². The molecule has 0 spiro atoms. The minimum absolute atomic E-state index is 0.147. The number of carbonyl (C=O) groups excluding carboxylic acids is 2. The van der Waals surface area contributed by atoms with Crippen LogP contribution in [-0.4, -0.2) is 47.5 Å². The highest BCUT2D eigenvalue weighted by atomic mass is 35.5. The van der Waals surface area contributed by atoms with Gasteiger partial charge in [0, 0.05) is 48.2 Å². The standard InChI is InChI=1S/C29H25Cl2N3O6/c1-37-29(36)25-19-10-9-17(13-22(19)39-32-25)34-15-7-8-16(34)12-18(11-15)38-28(35)24-26(33-40-27(24)14-5-6-14)23-20(30)3-2-4-21(23)31/h2-4,9-10,13-16,18H,5-8,11-12H2,1H3/t15-,16+,18?. The largest absolute Gasteiger partial charge is 0.464 e. The number of carbonyl (C=O) groups is 2. The van der Waals surface area contributed by atoms with E-state index in [0.717, 1.165) is 31.4 Å². The second-order valence-corrected chi connectivity index (χ2v) is 11.4. The number of rotatable bonds is 6. The van der Waals surface area contributed by atoms with Crippen molar-refractivity contribution in [3.63, 3.8) is 0 Å². The summed E-state index contributed by atoms with van der Waals surface area (Å²) in [6.45, 7) is 0. The van der Waals surface area contributed by atoms with Crippen molar-refractivity contribution in [1.29, 1.82) is 0 Å². The predicted octanol–water partition coefficient (Wildman–Crippen LogP) is 6.81. The van der Waals surface area contributed by atoms with E-state index in [4.69, 9.17) is 41.7 Å².